The number of nitrogen functional groups attached to an aromatic ring is 1. The summed E-state index contributed by atoms with van der Waals surface area (Å²) in [5.74, 6) is -0.502. The maximum absolute atomic E-state index is 12.5. The molecule has 0 atom stereocenters. The third-order valence-corrected chi connectivity index (χ3v) is 3.21. The molecular weight excluding hydrogens is 294 g/mol. The summed E-state index contributed by atoms with van der Waals surface area (Å²) in [6.45, 7) is 0.602. The highest BCUT2D eigenvalue weighted by molar-refractivity contribution is 6.34. The van der Waals surface area contributed by atoms with Crippen molar-refractivity contribution in [2.75, 3.05) is 46.6 Å². The normalized spacial score (nSPS) is 10.3. The molecule has 1 aromatic rings. The van der Waals surface area contributed by atoms with Crippen molar-refractivity contribution in [1.29, 1.82) is 0 Å². The molecule has 21 heavy (non-hydrogen) atoms. The highest BCUT2D eigenvalue weighted by Gasteiger charge is 2.21. The Labute approximate surface area is 129 Å². The minimum Gasteiger partial charge on any atom is -0.399 e. The van der Waals surface area contributed by atoms with E-state index in [1.807, 2.05) is 0 Å². The van der Waals surface area contributed by atoms with E-state index in [0.29, 0.717) is 24.4 Å². The van der Waals surface area contributed by atoms with Crippen molar-refractivity contribution in [1.82, 2.24) is 9.80 Å². The summed E-state index contributed by atoms with van der Waals surface area (Å²) in [7, 11) is 4.81. The molecule has 0 fully saturated rings. The number of likely N-dealkylation sites (N-methyl/N-ethyl adjacent to an activating group) is 1. The van der Waals surface area contributed by atoms with Gasteiger partial charge in [-0.1, -0.05) is 11.6 Å². The summed E-state index contributed by atoms with van der Waals surface area (Å²) in [5.41, 5.74) is 6.40. The lowest BCUT2D eigenvalue weighted by molar-refractivity contribution is -0.129. The molecule has 0 saturated carbocycles. The van der Waals surface area contributed by atoms with Gasteiger partial charge in [-0.25, -0.2) is 0 Å². The lowest BCUT2D eigenvalue weighted by Gasteiger charge is -2.24. The van der Waals surface area contributed by atoms with Gasteiger partial charge in [-0.05, 0) is 18.2 Å². The first kappa shape index (κ1) is 17.3. The molecule has 0 unspecified atom stereocenters. The Morgan fingerprint density at radius 2 is 2.00 bits per heavy atom. The van der Waals surface area contributed by atoms with Crippen LogP contribution in [-0.2, 0) is 9.53 Å². The van der Waals surface area contributed by atoms with E-state index in [0.717, 1.165) is 0 Å². The van der Waals surface area contributed by atoms with Crippen LogP contribution in [-0.4, -0.2) is 62.5 Å². The fourth-order valence-corrected chi connectivity index (χ4v) is 1.90. The Morgan fingerprint density at radius 1 is 1.33 bits per heavy atom. The van der Waals surface area contributed by atoms with Crippen molar-refractivity contribution < 1.29 is 14.3 Å². The molecule has 0 aromatic heterocycles. The summed E-state index contributed by atoms with van der Waals surface area (Å²) in [4.78, 5) is 27.2. The van der Waals surface area contributed by atoms with Crippen LogP contribution in [0.4, 0.5) is 5.69 Å². The summed E-state index contributed by atoms with van der Waals surface area (Å²) < 4.78 is 4.98. The number of benzene rings is 1. The summed E-state index contributed by atoms with van der Waals surface area (Å²) in [5, 5.41) is 0.264. The van der Waals surface area contributed by atoms with Crippen LogP contribution in [0.1, 0.15) is 10.4 Å². The molecule has 0 bridgehead atoms. The molecule has 1 aromatic carbocycles. The van der Waals surface area contributed by atoms with Gasteiger partial charge < -0.3 is 20.3 Å². The molecule has 0 heterocycles. The monoisotopic (exact) mass is 313 g/mol. The van der Waals surface area contributed by atoms with E-state index < -0.39 is 0 Å². The highest BCUT2D eigenvalue weighted by atomic mass is 35.5. The van der Waals surface area contributed by atoms with Crippen LogP contribution in [0.2, 0.25) is 5.02 Å². The smallest absolute Gasteiger partial charge is 0.255 e. The van der Waals surface area contributed by atoms with E-state index >= 15 is 0 Å². The Bertz CT molecular complexity index is 520. The van der Waals surface area contributed by atoms with E-state index in [-0.39, 0.29) is 23.4 Å². The molecule has 7 heteroatoms. The van der Waals surface area contributed by atoms with E-state index in [2.05, 4.69) is 0 Å². The number of carbonyl (C=O) groups excluding carboxylic acids is 2. The lowest BCUT2D eigenvalue weighted by atomic mass is 10.1. The predicted molar refractivity (Wildman–Crippen MR) is 82.3 cm³/mol. The number of halogens is 1. The van der Waals surface area contributed by atoms with E-state index in [9.17, 15) is 9.59 Å². The van der Waals surface area contributed by atoms with Gasteiger partial charge in [-0.3, -0.25) is 9.59 Å². The number of amides is 2. The van der Waals surface area contributed by atoms with Gasteiger partial charge in [0.15, 0.2) is 0 Å². The number of nitrogens with two attached hydrogens (primary N) is 1. The first-order chi connectivity index (χ1) is 9.86. The van der Waals surface area contributed by atoms with Crippen LogP contribution < -0.4 is 5.73 Å². The Hall–Kier alpha value is -1.79. The largest absolute Gasteiger partial charge is 0.399 e. The fraction of sp³-hybridized carbons (Fsp3) is 0.429. The third kappa shape index (κ3) is 4.91. The number of carbonyl (C=O) groups is 2. The topological polar surface area (TPSA) is 75.9 Å². The van der Waals surface area contributed by atoms with Crippen LogP contribution in [0, 0.1) is 0 Å². The van der Waals surface area contributed by atoms with Crippen molar-refractivity contribution in [2.24, 2.45) is 0 Å². The molecule has 0 aliphatic heterocycles. The fourth-order valence-electron chi connectivity index (χ4n) is 1.63. The van der Waals surface area contributed by atoms with E-state index in [4.69, 9.17) is 22.1 Å². The van der Waals surface area contributed by atoms with Crippen LogP contribution in [0.25, 0.3) is 0 Å². The number of anilines is 1. The highest BCUT2D eigenvalue weighted by Crippen LogP contribution is 2.20. The molecule has 1 rings (SSSR count). The minimum absolute atomic E-state index is 0.0318. The Balaban J connectivity index is 2.95. The molecule has 116 valence electrons. The summed E-state index contributed by atoms with van der Waals surface area (Å²) in [6, 6.07) is 4.67. The molecule has 6 nitrogen and oxygen atoms in total. The van der Waals surface area contributed by atoms with Gasteiger partial charge in [-0.2, -0.15) is 0 Å². The maximum Gasteiger partial charge on any atom is 0.255 e. The number of rotatable bonds is 6. The minimum atomic E-state index is -0.327. The van der Waals surface area contributed by atoms with Gasteiger partial charge in [0, 0.05) is 33.4 Å². The lowest BCUT2D eigenvalue weighted by Crippen LogP contribution is -2.42. The van der Waals surface area contributed by atoms with Crippen molar-refractivity contribution in [3.8, 4) is 0 Å². The first-order valence-corrected chi connectivity index (χ1v) is 6.78. The second-order valence-electron chi connectivity index (χ2n) is 4.75. The number of hydrogen-bond acceptors (Lipinski definition) is 4. The third-order valence-electron chi connectivity index (χ3n) is 2.90. The molecule has 0 spiro atoms. The zero-order chi connectivity index (χ0) is 16.0. The molecule has 2 amide bonds. The second kappa shape index (κ2) is 7.85. The standard InChI is InChI=1S/C14H20ClN3O3/c1-17(2)13(19)9-18(6-7-21-3)14(20)11-5-4-10(16)8-12(11)15/h4-5,8H,6-7,9,16H2,1-3H3. The van der Waals surface area contributed by atoms with Gasteiger partial charge in [0.05, 0.1) is 17.2 Å². The molecular formula is C14H20ClN3O3. The zero-order valence-electron chi connectivity index (χ0n) is 12.4. The first-order valence-electron chi connectivity index (χ1n) is 6.40. The molecule has 0 radical (unpaired) electrons. The Kier molecular flexibility index (Phi) is 6.45. The van der Waals surface area contributed by atoms with Gasteiger partial charge in [0.1, 0.15) is 6.54 Å². The Morgan fingerprint density at radius 3 is 2.52 bits per heavy atom. The number of methoxy groups -OCH3 is 1. The zero-order valence-corrected chi connectivity index (χ0v) is 13.2. The van der Waals surface area contributed by atoms with Gasteiger partial charge in [0.2, 0.25) is 5.91 Å². The second-order valence-corrected chi connectivity index (χ2v) is 5.15. The summed E-state index contributed by atoms with van der Waals surface area (Å²) >= 11 is 6.05. The average molecular weight is 314 g/mol. The number of nitrogens with zero attached hydrogens (tertiary/aromatic N) is 2. The number of ether oxygens (including phenoxy) is 1. The van der Waals surface area contributed by atoms with Crippen molar-refractivity contribution in [2.45, 2.75) is 0 Å². The molecule has 0 saturated heterocycles. The van der Waals surface area contributed by atoms with Gasteiger partial charge in [0.25, 0.3) is 5.91 Å². The van der Waals surface area contributed by atoms with E-state index in [1.54, 1.807) is 26.2 Å². The maximum atomic E-state index is 12.5. The quantitative estimate of drug-likeness (QED) is 0.798. The summed E-state index contributed by atoms with van der Waals surface area (Å²) in [6.07, 6.45) is 0. The average Bonchev–Trinajstić information content (AvgIpc) is 2.42. The van der Waals surface area contributed by atoms with Gasteiger partial charge in [-0.15, -0.1) is 0 Å². The van der Waals surface area contributed by atoms with Crippen LogP contribution in [0.5, 0.6) is 0 Å². The van der Waals surface area contributed by atoms with Crippen molar-refractivity contribution >= 4 is 29.1 Å². The molecule has 0 aliphatic rings. The number of hydrogen-bond donors (Lipinski definition) is 1. The van der Waals surface area contributed by atoms with Crippen LogP contribution in [0.3, 0.4) is 0 Å². The van der Waals surface area contributed by atoms with Crippen LogP contribution >= 0.6 is 11.6 Å². The molecule has 2 N–H and O–H groups in total. The van der Waals surface area contributed by atoms with Crippen LogP contribution in [0.15, 0.2) is 18.2 Å². The van der Waals surface area contributed by atoms with E-state index in [1.165, 1.54) is 23.0 Å². The van der Waals surface area contributed by atoms with Gasteiger partial charge >= 0.3 is 0 Å². The van der Waals surface area contributed by atoms with Crippen molar-refractivity contribution in [3.63, 3.8) is 0 Å². The van der Waals surface area contributed by atoms with Crippen molar-refractivity contribution in [3.05, 3.63) is 28.8 Å². The predicted octanol–water partition coefficient (Wildman–Crippen LogP) is 1.10. The SMILES string of the molecule is COCCN(CC(=O)N(C)C)C(=O)c1ccc(N)cc1Cl. The molecule has 0 aliphatic carbocycles.